The van der Waals surface area contributed by atoms with Gasteiger partial charge in [-0.3, -0.25) is 9.48 Å². The molecule has 0 aliphatic heterocycles. The third kappa shape index (κ3) is 3.50. The molecule has 5 heteroatoms. The Hall–Kier alpha value is -3.39. The lowest BCUT2D eigenvalue weighted by molar-refractivity contribution is 0.101. The lowest BCUT2D eigenvalue weighted by Crippen LogP contribution is -2.16. The quantitative estimate of drug-likeness (QED) is 0.740. The van der Waals surface area contributed by atoms with Gasteiger partial charge in [0, 0.05) is 30.7 Å². The third-order valence-corrected chi connectivity index (χ3v) is 3.53. The van der Waals surface area contributed by atoms with Gasteiger partial charge in [0.15, 0.2) is 0 Å². The van der Waals surface area contributed by atoms with Gasteiger partial charge < -0.3 is 5.32 Å². The van der Waals surface area contributed by atoms with Crippen LogP contribution in [0.4, 0.5) is 5.69 Å². The van der Waals surface area contributed by atoms with Gasteiger partial charge in [0.25, 0.3) is 5.91 Å². The molecule has 5 nitrogen and oxygen atoms in total. The fraction of sp³-hybridized carbons (Fsp3) is 0.105. The second kappa shape index (κ2) is 6.80. The summed E-state index contributed by atoms with van der Waals surface area (Å²) in [7, 11) is 1.73. The summed E-state index contributed by atoms with van der Waals surface area (Å²) in [5, 5.41) is 6.89. The largest absolute Gasteiger partial charge is 0.320 e. The Labute approximate surface area is 140 Å². The van der Waals surface area contributed by atoms with E-state index in [2.05, 4.69) is 27.2 Å². The number of benzene rings is 1. The van der Waals surface area contributed by atoms with Crippen LogP contribution in [0.1, 0.15) is 27.3 Å². The molecule has 0 saturated carbocycles. The number of anilines is 1. The molecule has 0 radical (unpaired) electrons. The van der Waals surface area contributed by atoms with Crippen LogP contribution >= 0.6 is 0 Å². The van der Waals surface area contributed by atoms with Crippen molar-refractivity contribution in [3.8, 4) is 11.8 Å². The standard InChI is InChI=1S/C19H16N4O/c1-14-13-15(6-8-16-5-3-4-11-20-16)7-9-17(14)22-19(24)18-10-12-21-23(18)2/h3-5,7,9-13H,1-2H3,(H,22,24). The smallest absolute Gasteiger partial charge is 0.273 e. The minimum Gasteiger partial charge on any atom is -0.320 e. The van der Waals surface area contributed by atoms with Gasteiger partial charge >= 0.3 is 0 Å². The average molecular weight is 316 g/mol. The first-order valence-corrected chi connectivity index (χ1v) is 7.46. The van der Waals surface area contributed by atoms with Crippen LogP contribution in [0.5, 0.6) is 0 Å². The Balaban J connectivity index is 1.77. The maximum atomic E-state index is 12.2. The monoisotopic (exact) mass is 316 g/mol. The molecule has 0 spiro atoms. The molecule has 1 aromatic carbocycles. The molecule has 3 aromatic rings. The number of nitrogens with one attached hydrogen (secondary N) is 1. The summed E-state index contributed by atoms with van der Waals surface area (Å²) in [6, 6.07) is 13.0. The summed E-state index contributed by atoms with van der Waals surface area (Å²) in [6.07, 6.45) is 3.31. The number of aryl methyl sites for hydroxylation is 2. The minimum absolute atomic E-state index is 0.189. The van der Waals surface area contributed by atoms with Gasteiger partial charge in [-0.05, 0) is 54.8 Å². The Morgan fingerprint density at radius 1 is 1.12 bits per heavy atom. The average Bonchev–Trinajstić information content (AvgIpc) is 3.02. The van der Waals surface area contributed by atoms with Crippen LogP contribution in [0.15, 0.2) is 54.9 Å². The zero-order valence-electron chi connectivity index (χ0n) is 13.4. The van der Waals surface area contributed by atoms with Crippen molar-refractivity contribution in [1.29, 1.82) is 0 Å². The Morgan fingerprint density at radius 3 is 2.67 bits per heavy atom. The minimum atomic E-state index is -0.189. The highest BCUT2D eigenvalue weighted by Gasteiger charge is 2.11. The molecule has 0 fully saturated rings. The molecule has 0 unspecified atom stereocenters. The number of rotatable bonds is 2. The van der Waals surface area contributed by atoms with Gasteiger partial charge in [-0.15, -0.1) is 0 Å². The zero-order chi connectivity index (χ0) is 16.9. The number of carbonyl (C=O) groups excluding carboxylic acids is 1. The number of aromatic nitrogens is 3. The summed E-state index contributed by atoms with van der Waals surface area (Å²) in [6.45, 7) is 1.94. The van der Waals surface area contributed by atoms with E-state index in [9.17, 15) is 4.79 Å². The molecule has 0 atom stereocenters. The predicted molar refractivity (Wildman–Crippen MR) is 92.6 cm³/mol. The van der Waals surface area contributed by atoms with E-state index in [0.29, 0.717) is 5.69 Å². The van der Waals surface area contributed by atoms with Gasteiger partial charge in [0.2, 0.25) is 0 Å². The van der Waals surface area contributed by atoms with E-state index in [-0.39, 0.29) is 5.91 Å². The van der Waals surface area contributed by atoms with Crippen molar-refractivity contribution in [2.45, 2.75) is 6.92 Å². The molecule has 0 saturated heterocycles. The zero-order valence-corrected chi connectivity index (χ0v) is 13.4. The van der Waals surface area contributed by atoms with Crippen LogP contribution in [0.25, 0.3) is 0 Å². The summed E-state index contributed by atoms with van der Waals surface area (Å²) in [5.74, 6) is 5.91. The van der Waals surface area contributed by atoms with Crippen LogP contribution in [-0.4, -0.2) is 20.7 Å². The first kappa shape index (κ1) is 15.5. The van der Waals surface area contributed by atoms with E-state index >= 15 is 0 Å². The van der Waals surface area contributed by atoms with Crippen LogP contribution in [-0.2, 0) is 7.05 Å². The third-order valence-electron chi connectivity index (χ3n) is 3.53. The maximum absolute atomic E-state index is 12.2. The SMILES string of the molecule is Cc1cc(C#Cc2ccccn2)ccc1NC(=O)c1ccnn1C. The summed E-state index contributed by atoms with van der Waals surface area (Å²) in [5.41, 5.74) is 3.80. The number of amides is 1. The second-order valence-electron chi connectivity index (χ2n) is 5.29. The molecule has 1 N–H and O–H groups in total. The molecular formula is C19H16N4O. The topological polar surface area (TPSA) is 59.8 Å². The summed E-state index contributed by atoms with van der Waals surface area (Å²) < 4.78 is 1.54. The first-order valence-electron chi connectivity index (χ1n) is 7.46. The molecule has 0 aliphatic carbocycles. The van der Waals surface area contributed by atoms with Crippen LogP contribution < -0.4 is 5.32 Å². The van der Waals surface area contributed by atoms with E-state index in [1.807, 2.05) is 43.3 Å². The summed E-state index contributed by atoms with van der Waals surface area (Å²) >= 11 is 0. The van der Waals surface area contributed by atoms with E-state index in [4.69, 9.17) is 0 Å². The van der Waals surface area contributed by atoms with E-state index in [0.717, 1.165) is 22.5 Å². The van der Waals surface area contributed by atoms with Gasteiger partial charge in [-0.1, -0.05) is 12.0 Å². The van der Waals surface area contributed by atoms with Crippen molar-refractivity contribution in [2.75, 3.05) is 5.32 Å². The fourth-order valence-corrected chi connectivity index (χ4v) is 2.24. The van der Waals surface area contributed by atoms with Gasteiger partial charge in [0.05, 0.1) is 0 Å². The number of hydrogen-bond donors (Lipinski definition) is 1. The first-order chi connectivity index (χ1) is 11.6. The predicted octanol–water partition coefficient (Wildman–Crippen LogP) is 2.78. The van der Waals surface area contributed by atoms with Gasteiger partial charge in [-0.25, -0.2) is 4.98 Å². The molecule has 0 aliphatic rings. The molecule has 2 aromatic heterocycles. The number of carbonyl (C=O) groups is 1. The number of nitrogens with zero attached hydrogens (tertiary/aromatic N) is 3. The Bertz CT molecular complexity index is 933. The number of pyridine rings is 1. The van der Waals surface area contributed by atoms with Gasteiger partial charge in [-0.2, -0.15) is 5.10 Å². The summed E-state index contributed by atoms with van der Waals surface area (Å²) in [4.78, 5) is 16.4. The second-order valence-corrected chi connectivity index (χ2v) is 5.29. The van der Waals surface area contributed by atoms with E-state index in [1.165, 1.54) is 4.68 Å². The highest BCUT2D eigenvalue weighted by Crippen LogP contribution is 2.17. The molecule has 24 heavy (non-hydrogen) atoms. The lowest BCUT2D eigenvalue weighted by atomic mass is 10.1. The van der Waals surface area contributed by atoms with E-state index < -0.39 is 0 Å². The highest BCUT2D eigenvalue weighted by atomic mass is 16.2. The van der Waals surface area contributed by atoms with Crippen molar-refractivity contribution >= 4 is 11.6 Å². The van der Waals surface area contributed by atoms with Crippen molar-refractivity contribution < 1.29 is 4.79 Å². The van der Waals surface area contributed by atoms with Crippen molar-refractivity contribution in [3.63, 3.8) is 0 Å². The number of hydrogen-bond acceptors (Lipinski definition) is 3. The van der Waals surface area contributed by atoms with Crippen LogP contribution in [0.2, 0.25) is 0 Å². The molecule has 118 valence electrons. The van der Waals surface area contributed by atoms with Crippen LogP contribution in [0.3, 0.4) is 0 Å². The lowest BCUT2D eigenvalue weighted by Gasteiger charge is -2.08. The highest BCUT2D eigenvalue weighted by molar-refractivity contribution is 6.03. The molecular weight excluding hydrogens is 300 g/mol. The molecule has 1 amide bonds. The maximum Gasteiger partial charge on any atom is 0.273 e. The molecule has 2 heterocycles. The van der Waals surface area contributed by atoms with Crippen LogP contribution in [0, 0.1) is 18.8 Å². The van der Waals surface area contributed by atoms with Gasteiger partial charge in [0.1, 0.15) is 11.4 Å². The Kier molecular flexibility index (Phi) is 4.39. The van der Waals surface area contributed by atoms with Crippen molar-refractivity contribution in [2.24, 2.45) is 7.05 Å². The Morgan fingerprint density at radius 2 is 2.00 bits per heavy atom. The van der Waals surface area contributed by atoms with E-state index in [1.54, 1.807) is 25.5 Å². The fourth-order valence-electron chi connectivity index (χ4n) is 2.24. The normalized spacial score (nSPS) is 9.92. The molecule has 3 rings (SSSR count). The van der Waals surface area contributed by atoms with Crippen molar-refractivity contribution in [1.82, 2.24) is 14.8 Å². The van der Waals surface area contributed by atoms with Crippen molar-refractivity contribution in [3.05, 3.63) is 77.4 Å². The molecule has 0 bridgehead atoms.